The fourth-order valence-electron chi connectivity index (χ4n) is 2.45. The molecule has 2 aliphatic rings. The number of nitriles is 1. The van der Waals surface area contributed by atoms with Crippen LogP contribution in [-0.4, -0.2) is 92.0 Å². The summed E-state index contributed by atoms with van der Waals surface area (Å²) >= 11 is 0. The monoisotopic (exact) mass is 277 g/mol. The molecule has 0 aromatic carbocycles. The molecule has 110 valence electrons. The molecule has 0 N–H and O–H groups in total. The fraction of sp³-hybridized carbons (Fsp3) is 0.714. The van der Waals surface area contributed by atoms with Crippen LogP contribution >= 0.6 is 0 Å². The van der Waals surface area contributed by atoms with Gasteiger partial charge in [0.25, 0.3) is 5.91 Å². The molecule has 0 aliphatic carbocycles. The minimum Gasteiger partial charge on any atom is -0.374 e. The number of carbonyl (C=O) groups is 1. The second-order valence-corrected chi connectivity index (χ2v) is 5.59. The molecular formula is C14H23N5O. The fourth-order valence-corrected chi connectivity index (χ4v) is 2.45. The van der Waals surface area contributed by atoms with E-state index in [-0.39, 0.29) is 11.5 Å². The smallest absolute Gasteiger partial charge is 0.266 e. The first-order valence-electron chi connectivity index (χ1n) is 7.12. The van der Waals surface area contributed by atoms with Gasteiger partial charge >= 0.3 is 0 Å². The van der Waals surface area contributed by atoms with E-state index in [0.29, 0.717) is 13.1 Å². The SMILES string of the molecule is CN1CCN(/C=C(/C#N)C(=O)N2CCN(C)CC2)CC1. The van der Waals surface area contributed by atoms with Gasteiger partial charge in [0.1, 0.15) is 11.6 Å². The van der Waals surface area contributed by atoms with Gasteiger partial charge < -0.3 is 19.6 Å². The summed E-state index contributed by atoms with van der Waals surface area (Å²) in [6.07, 6.45) is 1.74. The van der Waals surface area contributed by atoms with Crippen molar-refractivity contribution in [1.82, 2.24) is 19.6 Å². The molecule has 0 spiro atoms. The van der Waals surface area contributed by atoms with Gasteiger partial charge in [0.05, 0.1) is 0 Å². The van der Waals surface area contributed by atoms with E-state index in [4.69, 9.17) is 0 Å². The van der Waals surface area contributed by atoms with E-state index in [1.54, 1.807) is 11.1 Å². The molecule has 0 aromatic heterocycles. The normalized spacial score (nSPS) is 22.8. The zero-order chi connectivity index (χ0) is 14.5. The van der Waals surface area contributed by atoms with E-state index in [1.165, 1.54) is 0 Å². The van der Waals surface area contributed by atoms with Crippen LogP contribution in [0.1, 0.15) is 0 Å². The maximum absolute atomic E-state index is 12.4. The van der Waals surface area contributed by atoms with Crippen molar-refractivity contribution in [2.75, 3.05) is 66.5 Å². The van der Waals surface area contributed by atoms with Crippen molar-refractivity contribution in [1.29, 1.82) is 5.26 Å². The Morgan fingerprint density at radius 1 is 0.950 bits per heavy atom. The van der Waals surface area contributed by atoms with Gasteiger partial charge in [0.2, 0.25) is 0 Å². The second kappa shape index (κ2) is 6.73. The summed E-state index contributed by atoms with van der Waals surface area (Å²) < 4.78 is 0. The maximum atomic E-state index is 12.4. The third-order valence-corrected chi connectivity index (χ3v) is 3.99. The first-order valence-corrected chi connectivity index (χ1v) is 7.12. The van der Waals surface area contributed by atoms with Crippen LogP contribution in [0.4, 0.5) is 0 Å². The van der Waals surface area contributed by atoms with E-state index in [9.17, 15) is 10.1 Å². The van der Waals surface area contributed by atoms with Crippen molar-refractivity contribution in [3.05, 3.63) is 11.8 Å². The van der Waals surface area contributed by atoms with Crippen LogP contribution in [0.2, 0.25) is 0 Å². The van der Waals surface area contributed by atoms with Crippen LogP contribution in [0.25, 0.3) is 0 Å². The van der Waals surface area contributed by atoms with Crippen molar-refractivity contribution in [3.63, 3.8) is 0 Å². The summed E-state index contributed by atoms with van der Waals surface area (Å²) in [6, 6.07) is 2.07. The van der Waals surface area contributed by atoms with E-state index in [1.807, 2.05) is 7.05 Å². The Balaban J connectivity index is 1.97. The summed E-state index contributed by atoms with van der Waals surface area (Å²) in [5.41, 5.74) is 0.263. The zero-order valence-corrected chi connectivity index (χ0v) is 12.4. The van der Waals surface area contributed by atoms with Crippen LogP contribution in [0, 0.1) is 11.3 Å². The molecule has 2 rings (SSSR count). The summed E-state index contributed by atoms with van der Waals surface area (Å²) in [7, 11) is 4.13. The summed E-state index contributed by atoms with van der Waals surface area (Å²) in [5.74, 6) is -0.125. The first kappa shape index (κ1) is 14.8. The molecule has 1 amide bonds. The molecule has 0 bridgehead atoms. The highest BCUT2D eigenvalue weighted by molar-refractivity contribution is 5.97. The zero-order valence-electron chi connectivity index (χ0n) is 12.4. The Morgan fingerprint density at radius 2 is 1.45 bits per heavy atom. The lowest BCUT2D eigenvalue weighted by molar-refractivity contribution is -0.128. The lowest BCUT2D eigenvalue weighted by Crippen LogP contribution is -2.48. The van der Waals surface area contributed by atoms with Gasteiger partial charge in [-0.2, -0.15) is 5.26 Å². The third-order valence-electron chi connectivity index (χ3n) is 3.99. The van der Waals surface area contributed by atoms with Gasteiger partial charge in [-0.25, -0.2) is 0 Å². The van der Waals surface area contributed by atoms with E-state index in [2.05, 4.69) is 27.8 Å². The molecule has 2 saturated heterocycles. The molecular weight excluding hydrogens is 254 g/mol. The Hall–Kier alpha value is -1.58. The number of likely N-dealkylation sites (N-methyl/N-ethyl adjacent to an activating group) is 2. The van der Waals surface area contributed by atoms with E-state index < -0.39 is 0 Å². The van der Waals surface area contributed by atoms with E-state index >= 15 is 0 Å². The Kier molecular flexibility index (Phi) is 4.99. The standard InChI is InChI=1S/C14H23N5O/c1-16-3-7-18(8-4-16)12-13(11-15)14(20)19-9-5-17(2)6-10-19/h12H,3-10H2,1-2H3/b13-12-. The highest BCUT2D eigenvalue weighted by Crippen LogP contribution is 2.08. The van der Waals surface area contributed by atoms with Crippen molar-refractivity contribution >= 4 is 5.91 Å². The van der Waals surface area contributed by atoms with Crippen molar-refractivity contribution in [2.24, 2.45) is 0 Å². The molecule has 6 heteroatoms. The highest BCUT2D eigenvalue weighted by atomic mass is 16.2. The van der Waals surface area contributed by atoms with Crippen LogP contribution in [0.15, 0.2) is 11.8 Å². The van der Waals surface area contributed by atoms with Crippen LogP contribution in [0.3, 0.4) is 0 Å². The predicted octanol–water partition coefficient (Wildman–Crippen LogP) is -0.585. The van der Waals surface area contributed by atoms with Gasteiger partial charge in [0, 0.05) is 58.6 Å². The number of nitrogens with zero attached hydrogens (tertiary/aromatic N) is 5. The average molecular weight is 277 g/mol. The Labute approximate surface area is 120 Å². The number of hydrogen-bond acceptors (Lipinski definition) is 5. The largest absolute Gasteiger partial charge is 0.374 e. The Morgan fingerprint density at radius 3 is 1.95 bits per heavy atom. The van der Waals surface area contributed by atoms with Crippen molar-refractivity contribution in [3.8, 4) is 6.07 Å². The molecule has 0 unspecified atom stereocenters. The number of rotatable bonds is 2. The van der Waals surface area contributed by atoms with Crippen molar-refractivity contribution in [2.45, 2.75) is 0 Å². The third kappa shape index (κ3) is 3.71. The average Bonchev–Trinajstić information content (AvgIpc) is 2.47. The van der Waals surface area contributed by atoms with Gasteiger partial charge in [-0.15, -0.1) is 0 Å². The molecule has 2 aliphatic heterocycles. The van der Waals surface area contributed by atoms with Gasteiger partial charge in [-0.1, -0.05) is 0 Å². The molecule has 6 nitrogen and oxygen atoms in total. The first-order chi connectivity index (χ1) is 9.60. The number of hydrogen-bond donors (Lipinski definition) is 0. The number of carbonyl (C=O) groups excluding carboxylic acids is 1. The molecule has 2 fully saturated rings. The number of amides is 1. The second-order valence-electron chi connectivity index (χ2n) is 5.59. The Bertz CT molecular complexity index is 412. The quantitative estimate of drug-likeness (QED) is 0.499. The minimum atomic E-state index is -0.125. The molecule has 0 radical (unpaired) electrons. The molecule has 20 heavy (non-hydrogen) atoms. The summed E-state index contributed by atoms with van der Waals surface area (Å²) in [5, 5.41) is 9.25. The van der Waals surface area contributed by atoms with Gasteiger partial charge in [-0.3, -0.25) is 4.79 Å². The van der Waals surface area contributed by atoms with E-state index in [0.717, 1.165) is 39.3 Å². The molecule has 0 saturated carbocycles. The lowest BCUT2D eigenvalue weighted by atomic mass is 10.2. The topological polar surface area (TPSA) is 53.8 Å². The number of piperazine rings is 2. The molecule has 2 heterocycles. The molecule has 0 aromatic rings. The summed E-state index contributed by atoms with van der Waals surface area (Å²) in [6.45, 7) is 6.84. The predicted molar refractivity (Wildman–Crippen MR) is 76.8 cm³/mol. The summed E-state index contributed by atoms with van der Waals surface area (Å²) in [4.78, 5) is 20.7. The molecule has 0 atom stereocenters. The van der Waals surface area contributed by atoms with Gasteiger partial charge in [0.15, 0.2) is 0 Å². The van der Waals surface area contributed by atoms with Gasteiger partial charge in [-0.05, 0) is 14.1 Å². The maximum Gasteiger partial charge on any atom is 0.266 e. The highest BCUT2D eigenvalue weighted by Gasteiger charge is 2.23. The van der Waals surface area contributed by atoms with Crippen LogP contribution < -0.4 is 0 Å². The lowest BCUT2D eigenvalue weighted by Gasteiger charge is -2.33. The van der Waals surface area contributed by atoms with Crippen molar-refractivity contribution < 1.29 is 4.79 Å². The van der Waals surface area contributed by atoms with Crippen LogP contribution in [0.5, 0.6) is 0 Å². The van der Waals surface area contributed by atoms with Crippen LogP contribution in [-0.2, 0) is 4.79 Å². The minimum absolute atomic E-state index is 0.125.